The smallest absolute Gasteiger partial charge is 0.262 e. The number of rotatable bonds is 10. The van der Waals surface area contributed by atoms with Crippen LogP contribution in [0.2, 0.25) is 10.0 Å². The van der Waals surface area contributed by atoms with Crippen LogP contribution in [0.5, 0.6) is 5.75 Å². The molecule has 37 heavy (non-hydrogen) atoms. The predicted octanol–water partition coefficient (Wildman–Crippen LogP) is 4.07. The molecule has 3 aromatic carbocycles. The van der Waals surface area contributed by atoms with E-state index in [0.29, 0.717) is 17.0 Å². The molecule has 13 heteroatoms. The van der Waals surface area contributed by atoms with Crippen molar-refractivity contribution in [3.8, 4) is 5.75 Å². The number of carbonyl (C=O) groups excluding carboxylic acids is 2. The van der Waals surface area contributed by atoms with E-state index < -0.39 is 34.2 Å². The Kier molecular flexibility index (Phi) is 9.45. The Labute approximate surface area is 222 Å². The first-order chi connectivity index (χ1) is 17.5. The summed E-state index contributed by atoms with van der Waals surface area (Å²) in [5, 5.41) is 6.85. The van der Waals surface area contributed by atoms with Gasteiger partial charge in [0.05, 0.1) is 18.2 Å². The molecule has 0 aliphatic rings. The van der Waals surface area contributed by atoms with Gasteiger partial charge in [0.15, 0.2) is 6.61 Å². The normalized spacial score (nSPS) is 11.2. The summed E-state index contributed by atoms with van der Waals surface area (Å²) in [6.45, 7) is -0.796. The van der Waals surface area contributed by atoms with Gasteiger partial charge in [-0.05, 0) is 72.3 Å². The van der Waals surface area contributed by atoms with E-state index in [2.05, 4.69) is 15.8 Å². The van der Waals surface area contributed by atoms with Gasteiger partial charge in [-0.1, -0.05) is 23.2 Å². The van der Waals surface area contributed by atoms with Crippen LogP contribution in [0.3, 0.4) is 0 Å². The van der Waals surface area contributed by atoms with Crippen molar-refractivity contribution in [2.75, 3.05) is 29.0 Å². The largest absolute Gasteiger partial charge is 0.484 e. The van der Waals surface area contributed by atoms with Crippen LogP contribution >= 0.6 is 23.2 Å². The Morgan fingerprint density at radius 2 is 1.62 bits per heavy atom. The van der Waals surface area contributed by atoms with E-state index in [9.17, 15) is 22.4 Å². The summed E-state index contributed by atoms with van der Waals surface area (Å²) in [6, 6.07) is 16.0. The highest BCUT2D eigenvalue weighted by atomic mass is 35.5. The maximum atomic E-state index is 12.9. The Morgan fingerprint density at radius 3 is 2.22 bits per heavy atom. The van der Waals surface area contributed by atoms with Crippen LogP contribution < -0.4 is 19.8 Å². The third-order valence-corrected chi connectivity index (χ3v) is 6.18. The average Bonchev–Trinajstić information content (AvgIpc) is 2.82. The second-order valence-corrected chi connectivity index (χ2v) is 10.4. The molecule has 3 aromatic rings. The van der Waals surface area contributed by atoms with Crippen molar-refractivity contribution >= 4 is 62.6 Å². The van der Waals surface area contributed by atoms with E-state index in [4.69, 9.17) is 27.9 Å². The summed E-state index contributed by atoms with van der Waals surface area (Å²) in [7, 11) is -3.81. The van der Waals surface area contributed by atoms with Crippen LogP contribution in [0.15, 0.2) is 71.8 Å². The van der Waals surface area contributed by atoms with Crippen LogP contribution in [-0.2, 0) is 19.6 Å². The van der Waals surface area contributed by atoms with E-state index >= 15 is 0 Å². The Bertz CT molecular complexity index is 1380. The fourth-order valence-corrected chi connectivity index (χ4v) is 4.31. The van der Waals surface area contributed by atoms with Crippen molar-refractivity contribution in [1.82, 2.24) is 5.43 Å². The van der Waals surface area contributed by atoms with Gasteiger partial charge in [-0.15, -0.1) is 0 Å². The van der Waals surface area contributed by atoms with Gasteiger partial charge in [0.1, 0.15) is 18.1 Å². The molecule has 194 valence electrons. The minimum absolute atomic E-state index is 0.140. The van der Waals surface area contributed by atoms with Crippen molar-refractivity contribution in [3.63, 3.8) is 0 Å². The number of benzene rings is 3. The lowest BCUT2D eigenvalue weighted by Crippen LogP contribution is -2.39. The second-order valence-electron chi connectivity index (χ2n) is 7.60. The van der Waals surface area contributed by atoms with Gasteiger partial charge < -0.3 is 10.1 Å². The molecule has 2 amide bonds. The van der Waals surface area contributed by atoms with E-state index in [-0.39, 0.29) is 22.3 Å². The zero-order chi connectivity index (χ0) is 27.0. The molecule has 0 unspecified atom stereocenters. The first kappa shape index (κ1) is 27.9. The van der Waals surface area contributed by atoms with Crippen LogP contribution in [0.25, 0.3) is 0 Å². The summed E-state index contributed by atoms with van der Waals surface area (Å²) in [6.07, 6.45) is 2.30. The van der Waals surface area contributed by atoms with Crippen molar-refractivity contribution < 1.29 is 27.1 Å². The molecule has 2 N–H and O–H groups in total. The minimum Gasteiger partial charge on any atom is -0.484 e. The number of hydrogen-bond acceptors (Lipinski definition) is 6. The van der Waals surface area contributed by atoms with Gasteiger partial charge in [0, 0.05) is 15.7 Å². The summed E-state index contributed by atoms with van der Waals surface area (Å²) in [5.41, 5.74) is 3.45. The lowest BCUT2D eigenvalue weighted by atomic mass is 10.2. The molecule has 0 aliphatic heterocycles. The van der Waals surface area contributed by atoms with Gasteiger partial charge in [-0.3, -0.25) is 13.9 Å². The molecule has 0 spiro atoms. The van der Waals surface area contributed by atoms with Crippen LogP contribution in [-0.4, -0.2) is 45.9 Å². The standard InChI is InChI=1S/C24H21Cl2FN4O5S/c1-37(34,35)31(21-11-17(25)10-18(26)12-21)14-23(32)30-28-13-16-2-8-22(9-3-16)36-15-24(33)29-20-6-4-19(27)5-7-20/h2-13H,14-15H2,1H3,(H,29,33)(H,30,32)/b28-13+. The lowest BCUT2D eigenvalue weighted by Gasteiger charge is -2.21. The predicted molar refractivity (Wildman–Crippen MR) is 141 cm³/mol. The molecule has 0 aromatic heterocycles. The fourth-order valence-electron chi connectivity index (χ4n) is 2.96. The number of hydrogen-bond donors (Lipinski definition) is 2. The van der Waals surface area contributed by atoms with Gasteiger partial charge in [-0.25, -0.2) is 18.2 Å². The number of anilines is 2. The highest BCUT2D eigenvalue weighted by Crippen LogP contribution is 2.26. The highest BCUT2D eigenvalue weighted by molar-refractivity contribution is 7.92. The zero-order valence-corrected chi connectivity index (χ0v) is 21.6. The molecule has 0 saturated carbocycles. The molecule has 0 saturated heterocycles. The molecule has 3 rings (SSSR count). The number of nitrogens with one attached hydrogen (secondary N) is 2. The Balaban J connectivity index is 1.51. The topological polar surface area (TPSA) is 117 Å². The zero-order valence-electron chi connectivity index (χ0n) is 19.3. The van der Waals surface area contributed by atoms with Crippen LogP contribution in [0, 0.1) is 5.82 Å². The second kappa shape index (κ2) is 12.5. The molecular formula is C24H21Cl2FN4O5S. The van der Waals surface area contributed by atoms with E-state index in [0.717, 1.165) is 10.6 Å². The van der Waals surface area contributed by atoms with Gasteiger partial charge in [0.25, 0.3) is 11.8 Å². The summed E-state index contributed by atoms with van der Waals surface area (Å²) in [4.78, 5) is 24.3. The Morgan fingerprint density at radius 1 is 1.00 bits per heavy atom. The molecule has 0 aliphatic carbocycles. The number of halogens is 3. The number of carbonyl (C=O) groups is 2. The molecule has 0 bridgehead atoms. The highest BCUT2D eigenvalue weighted by Gasteiger charge is 2.21. The summed E-state index contributed by atoms with van der Waals surface area (Å²) >= 11 is 11.9. The quantitative estimate of drug-likeness (QED) is 0.283. The van der Waals surface area contributed by atoms with Gasteiger partial charge in [0.2, 0.25) is 10.0 Å². The van der Waals surface area contributed by atoms with Crippen molar-refractivity contribution in [2.45, 2.75) is 0 Å². The van der Waals surface area contributed by atoms with E-state index in [1.807, 2.05) is 0 Å². The number of nitrogens with zero attached hydrogens (tertiary/aromatic N) is 2. The van der Waals surface area contributed by atoms with E-state index in [1.165, 1.54) is 48.7 Å². The average molecular weight is 567 g/mol. The number of hydrazone groups is 1. The van der Waals surface area contributed by atoms with E-state index in [1.54, 1.807) is 24.3 Å². The third kappa shape index (κ3) is 9.05. The molecule has 0 radical (unpaired) electrons. The van der Waals surface area contributed by atoms with Gasteiger partial charge in [-0.2, -0.15) is 5.10 Å². The van der Waals surface area contributed by atoms with Gasteiger partial charge >= 0.3 is 0 Å². The first-order valence-corrected chi connectivity index (χ1v) is 13.1. The molecule has 9 nitrogen and oxygen atoms in total. The monoisotopic (exact) mass is 566 g/mol. The summed E-state index contributed by atoms with van der Waals surface area (Å²) < 4.78 is 43.6. The SMILES string of the molecule is CS(=O)(=O)N(CC(=O)N/N=C/c1ccc(OCC(=O)Nc2ccc(F)cc2)cc1)c1cc(Cl)cc(Cl)c1. The molecule has 0 atom stereocenters. The van der Waals surface area contributed by atoms with Crippen LogP contribution in [0.1, 0.15) is 5.56 Å². The maximum Gasteiger partial charge on any atom is 0.262 e. The number of amides is 2. The fraction of sp³-hybridized carbons (Fsp3) is 0.125. The maximum absolute atomic E-state index is 12.9. The summed E-state index contributed by atoms with van der Waals surface area (Å²) in [5.74, 6) is -1.09. The third-order valence-electron chi connectivity index (χ3n) is 4.60. The lowest BCUT2D eigenvalue weighted by molar-refractivity contribution is -0.119. The molecular weight excluding hydrogens is 546 g/mol. The van der Waals surface area contributed by atoms with Crippen molar-refractivity contribution in [1.29, 1.82) is 0 Å². The van der Waals surface area contributed by atoms with Crippen molar-refractivity contribution in [2.24, 2.45) is 5.10 Å². The van der Waals surface area contributed by atoms with Crippen molar-refractivity contribution in [3.05, 3.63) is 88.2 Å². The molecule has 0 fully saturated rings. The van der Waals surface area contributed by atoms with Crippen LogP contribution in [0.4, 0.5) is 15.8 Å². The Hall–Kier alpha value is -3.67. The number of sulfonamides is 1. The first-order valence-electron chi connectivity index (χ1n) is 10.5. The number of ether oxygens (including phenoxy) is 1. The minimum atomic E-state index is -3.81. The molecule has 0 heterocycles.